The van der Waals surface area contributed by atoms with Gasteiger partial charge >= 0.3 is 11.9 Å². The molecule has 1 amide bonds. The van der Waals surface area contributed by atoms with E-state index < -0.39 is 17.8 Å². The molecule has 0 saturated carbocycles. The highest BCUT2D eigenvalue weighted by Gasteiger charge is 2.16. The van der Waals surface area contributed by atoms with Crippen molar-refractivity contribution in [2.24, 2.45) is 0 Å². The van der Waals surface area contributed by atoms with Gasteiger partial charge in [0.2, 0.25) is 0 Å². The number of hydrogen-bond donors (Lipinski definition) is 1. The van der Waals surface area contributed by atoms with Gasteiger partial charge in [-0.2, -0.15) is 0 Å². The number of carbonyl (C=O) groups is 3. The maximum atomic E-state index is 11.9. The predicted molar refractivity (Wildman–Crippen MR) is 91.5 cm³/mol. The van der Waals surface area contributed by atoms with Crippen LogP contribution in [0.15, 0.2) is 24.3 Å². The molecule has 0 saturated heterocycles. The van der Waals surface area contributed by atoms with Crippen LogP contribution < -0.4 is 5.32 Å². The zero-order chi connectivity index (χ0) is 18.4. The Morgan fingerprint density at radius 1 is 1.12 bits per heavy atom. The standard InChI is InChI=1S/C17H18N2O5S/c1-10-15(25-11(2)19-10)17(22)24-9-14(20)18-8-12-4-6-13(7-5-12)16(21)23-3/h4-7H,8-9H2,1-3H3,(H,18,20). The molecule has 2 aromatic rings. The number of aryl methyl sites for hydroxylation is 2. The maximum absolute atomic E-state index is 11.9. The van der Waals surface area contributed by atoms with Gasteiger partial charge in [0.1, 0.15) is 4.88 Å². The van der Waals surface area contributed by atoms with Gasteiger partial charge in [0, 0.05) is 6.54 Å². The van der Waals surface area contributed by atoms with Crippen molar-refractivity contribution < 1.29 is 23.9 Å². The molecule has 0 atom stereocenters. The molecule has 2 rings (SSSR count). The van der Waals surface area contributed by atoms with Gasteiger partial charge in [0.15, 0.2) is 6.61 Å². The van der Waals surface area contributed by atoms with Crippen LogP contribution in [0.2, 0.25) is 0 Å². The van der Waals surface area contributed by atoms with E-state index in [-0.39, 0.29) is 13.2 Å². The molecule has 132 valence electrons. The lowest BCUT2D eigenvalue weighted by atomic mass is 10.1. The summed E-state index contributed by atoms with van der Waals surface area (Å²) in [6.07, 6.45) is 0. The molecule has 1 heterocycles. The van der Waals surface area contributed by atoms with E-state index in [4.69, 9.17) is 4.74 Å². The van der Waals surface area contributed by atoms with Gasteiger partial charge in [-0.25, -0.2) is 14.6 Å². The number of thiazole rings is 1. The van der Waals surface area contributed by atoms with Crippen molar-refractivity contribution in [1.29, 1.82) is 0 Å². The summed E-state index contributed by atoms with van der Waals surface area (Å²) in [5, 5.41) is 3.41. The third-order valence-corrected chi connectivity index (χ3v) is 4.34. The number of aromatic nitrogens is 1. The molecule has 0 fully saturated rings. The molecule has 0 spiro atoms. The first-order chi connectivity index (χ1) is 11.9. The summed E-state index contributed by atoms with van der Waals surface area (Å²) in [6.45, 7) is 3.41. The number of ether oxygens (including phenoxy) is 2. The van der Waals surface area contributed by atoms with Gasteiger partial charge in [-0.1, -0.05) is 12.1 Å². The molecule has 0 unspecified atom stereocenters. The van der Waals surface area contributed by atoms with E-state index in [2.05, 4.69) is 15.0 Å². The number of benzene rings is 1. The molecule has 7 nitrogen and oxygen atoms in total. The van der Waals surface area contributed by atoms with Crippen molar-refractivity contribution in [2.45, 2.75) is 20.4 Å². The van der Waals surface area contributed by atoms with Gasteiger partial charge in [-0.15, -0.1) is 11.3 Å². The number of nitrogens with one attached hydrogen (secondary N) is 1. The normalized spacial score (nSPS) is 10.2. The lowest BCUT2D eigenvalue weighted by molar-refractivity contribution is -0.124. The monoisotopic (exact) mass is 362 g/mol. The van der Waals surface area contributed by atoms with Crippen LogP contribution in [0.5, 0.6) is 0 Å². The van der Waals surface area contributed by atoms with E-state index in [1.165, 1.54) is 18.4 Å². The quantitative estimate of drug-likeness (QED) is 0.790. The third kappa shape index (κ3) is 5.12. The number of methoxy groups -OCH3 is 1. The number of hydrogen-bond acceptors (Lipinski definition) is 7. The minimum atomic E-state index is -0.555. The summed E-state index contributed by atoms with van der Waals surface area (Å²) in [5.41, 5.74) is 1.83. The van der Waals surface area contributed by atoms with E-state index in [0.717, 1.165) is 10.6 Å². The van der Waals surface area contributed by atoms with Crippen LogP contribution in [0.4, 0.5) is 0 Å². The highest BCUT2D eigenvalue weighted by Crippen LogP contribution is 2.17. The lowest BCUT2D eigenvalue weighted by Crippen LogP contribution is -2.28. The molecule has 25 heavy (non-hydrogen) atoms. The maximum Gasteiger partial charge on any atom is 0.350 e. The number of esters is 2. The molecule has 8 heteroatoms. The van der Waals surface area contributed by atoms with Crippen molar-refractivity contribution >= 4 is 29.2 Å². The topological polar surface area (TPSA) is 94.6 Å². The third-order valence-electron chi connectivity index (χ3n) is 3.29. The van der Waals surface area contributed by atoms with E-state index in [1.54, 1.807) is 38.1 Å². The fourth-order valence-electron chi connectivity index (χ4n) is 2.05. The Kier molecular flexibility index (Phi) is 6.24. The molecule has 0 aliphatic rings. The molecular formula is C17H18N2O5S. The van der Waals surface area contributed by atoms with E-state index in [1.807, 2.05) is 0 Å². The Balaban J connectivity index is 1.80. The molecule has 1 aromatic heterocycles. The lowest BCUT2D eigenvalue weighted by Gasteiger charge is -2.07. The van der Waals surface area contributed by atoms with Crippen molar-refractivity contribution in [3.05, 3.63) is 51.0 Å². The van der Waals surface area contributed by atoms with Crippen LogP contribution in [0.25, 0.3) is 0 Å². The largest absolute Gasteiger partial charge is 0.465 e. The number of amides is 1. The molecule has 0 aliphatic heterocycles. The van der Waals surface area contributed by atoms with Crippen LogP contribution in [-0.2, 0) is 20.8 Å². The zero-order valence-electron chi connectivity index (χ0n) is 14.1. The van der Waals surface area contributed by atoms with E-state index in [0.29, 0.717) is 16.1 Å². The van der Waals surface area contributed by atoms with Gasteiger partial charge in [0.05, 0.1) is 23.4 Å². The SMILES string of the molecule is COC(=O)c1ccc(CNC(=O)COC(=O)c2sc(C)nc2C)cc1. The summed E-state index contributed by atoms with van der Waals surface area (Å²) in [6, 6.07) is 6.65. The smallest absolute Gasteiger partial charge is 0.350 e. The van der Waals surface area contributed by atoms with Crippen LogP contribution in [0.3, 0.4) is 0 Å². The van der Waals surface area contributed by atoms with Gasteiger partial charge in [-0.3, -0.25) is 4.79 Å². The highest BCUT2D eigenvalue weighted by molar-refractivity contribution is 7.13. The second-order valence-corrected chi connectivity index (χ2v) is 6.39. The van der Waals surface area contributed by atoms with Crippen molar-refractivity contribution in [3.8, 4) is 0 Å². The molecular weight excluding hydrogens is 344 g/mol. The first-order valence-corrected chi connectivity index (χ1v) is 8.27. The highest BCUT2D eigenvalue weighted by atomic mass is 32.1. The Bertz CT molecular complexity index is 783. The van der Waals surface area contributed by atoms with Crippen molar-refractivity contribution in [2.75, 3.05) is 13.7 Å². The fraction of sp³-hybridized carbons (Fsp3) is 0.294. The summed E-state index contributed by atoms with van der Waals surface area (Å²) in [4.78, 5) is 39.6. The first kappa shape index (κ1) is 18.6. The molecule has 0 radical (unpaired) electrons. The fourth-order valence-corrected chi connectivity index (χ4v) is 2.86. The van der Waals surface area contributed by atoms with Gasteiger partial charge < -0.3 is 14.8 Å². The second kappa shape index (κ2) is 8.39. The Hall–Kier alpha value is -2.74. The number of rotatable bonds is 6. The second-order valence-electron chi connectivity index (χ2n) is 5.19. The van der Waals surface area contributed by atoms with Crippen LogP contribution in [-0.4, -0.2) is 36.5 Å². The summed E-state index contributed by atoms with van der Waals surface area (Å²) in [7, 11) is 1.31. The Morgan fingerprint density at radius 3 is 2.36 bits per heavy atom. The summed E-state index contributed by atoms with van der Waals surface area (Å²) >= 11 is 1.23. The van der Waals surface area contributed by atoms with Crippen molar-refractivity contribution in [3.63, 3.8) is 0 Å². The Morgan fingerprint density at radius 2 is 1.80 bits per heavy atom. The minimum Gasteiger partial charge on any atom is -0.465 e. The number of nitrogens with zero attached hydrogens (tertiary/aromatic N) is 1. The number of carbonyl (C=O) groups excluding carboxylic acids is 3. The molecule has 0 bridgehead atoms. The van der Waals surface area contributed by atoms with E-state index >= 15 is 0 Å². The zero-order valence-corrected chi connectivity index (χ0v) is 14.9. The summed E-state index contributed by atoms with van der Waals surface area (Å²) in [5.74, 6) is -1.39. The predicted octanol–water partition coefficient (Wildman–Crippen LogP) is 2.02. The first-order valence-electron chi connectivity index (χ1n) is 7.46. The van der Waals surface area contributed by atoms with E-state index in [9.17, 15) is 14.4 Å². The van der Waals surface area contributed by atoms with Crippen LogP contribution in [0, 0.1) is 13.8 Å². The van der Waals surface area contributed by atoms with Gasteiger partial charge in [-0.05, 0) is 31.5 Å². The van der Waals surface area contributed by atoms with Crippen molar-refractivity contribution in [1.82, 2.24) is 10.3 Å². The Labute approximate surface area is 149 Å². The molecule has 1 N–H and O–H groups in total. The average molecular weight is 362 g/mol. The molecule has 0 aliphatic carbocycles. The molecule has 1 aromatic carbocycles. The average Bonchev–Trinajstić information content (AvgIpc) is 2.96. The van der Waals surface area contributed by atoms with Crippen LogP contribution >= 0.6 is 11.3 Å². The minimum absolute atomic E-state index is 0.260. The van der Waals surface area contributed by atoms with Gasteiger partial charge in [0.25, 0.3) is 5.91 Å². The van der Waals surface area contributed by atoms with Crippen LogP contribution in [0.1, 0.15) is 36.3 Å². The summed E-state index contributed by atoms with van der Waals surface area (Å²) < 4.78 is 9.61.